The van der Waals surface area contributed by atoms with E-state index in [9.17, 15) is 0 Å². The predicted molar refractivity (Wildman–Crippen MR) is 67.6 cm³/mol. The van der Waals surface area contributed by atoms with Gasteiger partial charge in [0.05, 0.1) is 12.2 Å². The molecule has 0 radical (unpaired) electrons. The van der Waals surface area contributed by atoms with Gasteiger partial charge in [-0.2, -0.15) is 0 Å². The molecule has 2 rings (SSSR count). The normalized spacial score (nSPS) is 32.4. The lowest BCUT2D eigenvalue weighted by Crippen LogP contribution is -2.40. The van der Waals surface area contributed by atoms with Gasteiger partial charge in [-0.05, 0) is 56.5 Å². The van der Waals surface area contributed by atoms with Crippen molar-refractivity contribution in [1.82, 2.24) is 5.32 Å². The standard InChI is InChI=1S/C14H27NO/c1-14(2,3)10-11-8-13(9-11)16-12-4-6-15-7-5-12/h11-13,15H,4-10H2,1-3H3. The predicted octanol–water partition coefficient (Wildman–Crippen LogP) is 2.97. The number of piperidine rings is 1. The van der Waals surface area contributed by atoms with Crippen LogP contribution < -0.4 is 5.32 Å². The van der Waals surface area contributed by atoms with Gasteiger partial charge >= 0.3 is 0 Å². The van der Waals surface area contributed by atoms with Gasteiger partial charge in [-0.25, -0.2) is 0 Å². The average Bonchev–Trinajstić information content (AvgIpc) is 2.14. The Hall–Kier alpha value is -0.0800. The third kappa shape index (κ3) is 3.74. The molecule has 1 aliphatic heterocycles. The molecule has 0 bridgehead atoms. The molecule has 16 heavy (non-hydrogen) atoms. The van der Waals surface area contributed by atoms with Crippen LogP contribution >= 0.6 is 0 Å². The number of ether oxygens (including phenoxy) is 1. The Morgan fingerprint density at radius 2 is 1.69 bits per heavy atom. The molecule has 2 fully saturated rings. The summed E-state index contributed by atoms with van der Waals surface area (Å²) in [6, 6.07) is 0. The highest BCUT2D eigenvalue weighted by Crippen LogP contribution is 2.39. The van der Waals surface area contributed by atoms with Crippen molar-refractivity contribution in [2.75, 3.05) is 13.1 Å². The Balaban J connectivity index is 1.61. The van der Waals surface area contributed by atoms with Gasteiger partial charge in [-0.3, -0.25) is 0 Å². The van der Waals surface area contributed by atoms with Gasteiger partial charge in [-0.15, -0.1) is 0 Å². The summed E-state index contributed by atoms with van der Waals surface area (Å²) in [5.41, 5.74) is 0.490. The molecule has 1 heterocycles. The van der Waals surface area contributed by atoms with Crippen LogP contribution in [-0.4, -0.2) is 25.3 Å². The summed E-state index contributed by atoms with van der Waals surface area (Å²) in [4.78, 5) is 0. The minimum Gasteiger partial charge on any atom is -0.375 e. The van der Waals surface area contributed by atoms with E-state index < -0.39 is 0 Å². The SMILES string of the molecule is CC(C)(C)CC1CC(OC2CCNCC2)C1. The van der Waals surface area contributed by atoms with Crippen LogP contribution in [0.3, 0.4) is 0 Å². The van der Waals surface area contributed by atoms with Gasteiger partial charge < -0.3 is 10.1 Å². The molecule has 0 amide bonds. The summed E-state index contributed by atoms with van der Waals surface area (Å²) in [6.45, 7) is 9.31. The van der Waals surface area contributed by atoms with Crippen molar-refractivity contribution in [2.24, 2.45) is 11.3 Å². The minimum absolute atomic E-state index is 0.490. The molecule has 2 heteroatoms. The van der Waals surface area contributed by atoms with Crippen molar-refractivity contribution < 1.29 is 4.74 Å². The van der Waals surface area contributed by atoms with Crippen molar-refractivity contribution in [1.29, 1.82) is 0 Å². The van der Waals surface area contributed by atoms with Crippen LogP contribution in [0.5, 0.6) is 0 Å². The Morgan fingerprint density at radius 3 is 2.25 bits per heavy atom. The molecule has 1 saturated carbocycles. The van der Waals surface area contributed by atoms with Crippen LogP contribution in [0.1, 0.15) is 52.9 Å². The number of hydrogen-bond donors (Lipinski definition) is 1. The molecule has 2 nitrogen and oxygen atoms in total. The highest BCUT2D eigenvalue weighted by molar-refractivity contribution is 4.85. The zero-order valence-corrected chi connectivity index (χ0v) is 11.1. The highest BCUT2D eigenvalue weighted by atomic mass is 16.5. The second-order valence-corrected chi connectivity index (χ2v) is 6.81. The van der Waals surface area contributed by atoms with E-state index in [1.807, 2.05) is 0 Å². The van der Waals surface area contributed by atoms with Crippen molar-refractivity contribution >= 4 is 0 Å². The molecule has 0 atom stereocenters. The van der Waals surface area contributed by atoms with Crippen LogP contribution in [0.25, 0.3) is 0 Å². The molecule has 1 aliphatic carbocycles. The molecule has 0 aromatic heterocycles. The first kappa shape index (κ1) is 12.4. The smallest absolute Gasteiger partial charge is 0.0603 e. The Bertz CT molecular complexity index is 209. The fraction of sp³-hybridized carbons (Fsp3) is 1.00. The van der Waals surface area contributed by atoms with Crippen LogP contribution in [0.15, 0.2) is 0 Å². The lowest BCUT2D eigenvalue weighted by Gasteiger charge is -2.41. The van der Waals surface area contributed by atoms with Crippen molar-refractivity contribution in [2.45, 2.75) is 65.1 Å². The Kier molecular flexibility index (Phi) is 3.91. The summed E-state index contributed by atoms with van der Waals surface area (Å²) in [6.07, 6.45) is 7.51. The maximum absolute atomic E-state index is 6.13. The topological polar surface area (TPSA) is 21.3 Å². The summed E-state index contributed by atoms with van der Waals surface area (Å²) < 4.78 is 6.13. The fourth-order valence-electron chi connectivity index (χ4n) is 3.02. The van der Waals surface area contributed by atoms with Gasteiger partial charge in [0.1, 0.15) is 0 Å². The molecule has 2 aliphatic rings. The molecule has 0 spiro atoms. The summed E-state index contributed by atoms with van der Waals surface area (Å²) >= 11 is 0. The number of nitrogens with one attached hydrogen (secondary N) is 1. The first-order valence-electron chi connectivity index (χ1n) is 6.89. The molecule has 0 aromatic carbocycles. The molecule has 0 unspecified atom stereocenters. The summed E-state index contributed by atoms with van der Waals surface area (Å²) in [5.74, 6) is 0.923. The van der Waals surface area contributed by atoms with Gasteiger partial charge in [0.25, 0.3) is 0 Å². The lowest BCUT2D eigenvalue weighted by atomic mass is 9.72. The van der Waals surface area contributed by atoms with Gasteiger partial charge in [0, 0.05) is 0 Å². The molecule has 1 saturated heterocycles. The van der Waals surface area contributed by atoms with Crippen molar-refractivity contribution in [3.05, 3.63) is 0 Å². The maximum atomic E-state index is 6.13. The number of rotatable bonds is 3. The molecule has 94 valence electrons. The first-order chi connectivity index (χ1) is 7.53. The van der Waals surface area contributed by atoms with E-state index in [0.717, 1.165) is 19.0 Å². The van der Waals surface area contributed by atoms with E-state index in [4.69, 9.17) is 4.74 Å². The van der Waals surface area contributed by atoms with Gasteiger partial charge in [0.15, 0.2) is 0 Å². The minimum atomic E-state index is 0.490. The number of hydrogen-bond acceptors (Lipinski definition) is 2. The molecular formula is C14H27NO. The Morgan fingerprint density at radius 1 is 1.06 bits per heavy atom. The van der Waals surface area contributed by atoms with Crippen LogP contribution in [0.2, 0.25) is 0 Å². The second kappa shape index (κ2) is 5.05. The highest BCUT2D eigenvalue weighted by Gasteiger charge is 2.34. The van der Waals surface area contributed by atoms with Gasteiger partial charge in [-0.1, -0.05) is 20.8 Å². The zero-order valence-electron chi connectivity index (χ0n) is 11.1. The van der Waals surface area contributed by atoms with Gasteiger partial charge in [0.2, 0.25) is 0 Å². The van der Waals surface area contributed by atoms with Crippen molar-refractivity contribution in [3.63, 3.8) is 0 Å². The monoisotopic (exact) mass is 225 g/mol. The van der Waals surface area contributed by atoms with E-state index in [0.29, 0.717) is 17.6 Å². The fourth-order valence-corrected chi connectivity index (χ4v) is 3.02. The third-order valence-electron chi connectivity index (χ3n) is 3.76. The van der Waals surface area contributed by atoms with E-state index in [2.05, 4.69) is 26.1 Å². The molecule has 1 N–H and O–H groups in total. The zero-order chi connectivity index (χ0) is 11.6. The largest absolute Gasteiger partial charge is 0.375 e. The molecule has 0 aromatic rings. The summed E-state index contributed by atoms with van der Waals surface area (Å²) in [7, 11) is 0. The average molecular weight is 225 g/mol. The van der Waals surface area contributed by atoms with E-state index in [-0.39, 0.29) is 0 Å². The van der Waals surface area contributed by atoms with Crippen LogP contribution in [0.4, 0.5) is 0 Å². The second-order valence-electron chi connectivity index (χ2n) is 6.81. The lowest BCUT2D eigenvalue weighted by molar-refractivity contribution is -0.0901. The maximum Gasteiger partial charge on any atom is 0.0603 e. The first-order valence-corrected chi connectivity index (χ1v) is 6.89. The Labute approximate surface area is 100 Å². The van der Waals surface area contributed by atoms with Crippen LogP contribution in [0, 0.1) is 11.3 Å². The van der Waals surface area contributed by atoms with Crippen molar-refractivity contribution in [3.8, 4) is 0 Å². The van der Waals surface area contributed by atoms with E-state index in [1.54, 1.807) is 0 Å². The quantitative estimate of drug-likeness (QED) is 0.797. The third-order valence-corrected chi connectivity index (χ3v) is 3.76. The summed E-state index contributed by atoms with van der Waals surface area (Å²) in [5, 5.41) is 3.38. The van der Waals surface area contributed by atoms with E-state index in [1.165, 1.54) is 32.1 Å². The van der Waals surface area contributed by atoms with Crippen LogP contribution in [-0.2, 0) is 4.74 Å². The molecular weight excluding hydrogens is 198 g/mol. The van der Waals surface area contributed by atoms with E-state index >= 15 is 0 Å².